The Bertz CT molecular complexity index is 720. The Hall–Kier alpha value is -2.49. The van der Waals surface area contributed by atoms with E-state index in [-0.39, 0.29) is 5.82 Å². The van der Waals surface area contributed by atoms with E-state index in [1.54, 1.807) is 24.5 Å². The second kappa shape index (κ2) is 5.25. The third kappa shape index (κ3) is 2.45. The van der Waals surface area contributed by atoms with Crippen molar-refractivity contribution in [3.05, 3.63) is 71.6 Å². The molecule has 0 aliphatic heterocycles. The molecule has 0 aliphatic carbocycles. The predicted octanol–water partition coefficient (Wildman–Crippen LogP) is 3.51. The van der Waals surface area contributed by atoms with Crippen LogP contribution >= 0.6 is 0 Å². The molecule has 1 aromatic carbocycles. The van der Waals surface area contributed by atoms with E-state index in [2.05, 4.69) is 15.2 Å². The summed E-state index contributed by atoms with van der Waals surface area (Å²) in [6, 6.07) is 10.5. The van der Waals surface area contributed by atoms with Gasteiger partial charge in [0.1, 0.15) is 5.82 Å². The zero-order valence-corrected chi connectivity index (χ0v) is 11.1. The van der Waals surface area contributed by atoms with Gasteiger partial charge in [-0.15, -0.1) is 0 Å². The summed E-state index contributed by atoms with van der Waals surface area (Å²) in [6.07, 6.45) is 4.11. The fourth-order valence-corrected chi connectivity index (χ4v) is 2.35. The maximum Gasteiger partial charge on any atom is 0.123 e. The van der Waals surface area contributed by atoms with E-state index < -0.39 is 0 Å². The van der Waals surface area contributed by atoms with Crippen LogP contribution in [0.4, 0.5) is 4.39 Å². The van der Waals surface area contributed by atoms with Gasteiger partial charge >= 0.3 is 0 Å². The van der Waals surface area contributed by atoms with E-state index in [1.807, 2.05) is 25.1 Å². The van der Waals surface area contributed by atoms with Crippen molar-refractivity contribution in [3.63, 3.8) is 0 Å². The molecule has 3 rings (SSSR count). The average molecular weight is 267 g/mol. The normalized spacial score (nSPS) is 10.7. The molecule has 0 saturated carbocycles. The summed E-state index contributed by atoms with van der Waals surface area (Å²) < 4.78 is 13.3. The molecule has 2 heterocycles. The lowest BCUT2D eigenvalue weighted by Gasteiger charge is -2.04. The monoisotopic (exact) mass is 267 g/mol. The molecule has 4 heteroatoms. The van der Waals surface area contributed by atoms with Gasteiger partial charge in [-0.25, -0.2) is 4.39 Å². The highest BCUT2D eigenvalue weighted by molar-refractivity contribution is 5.68. The summed E-state index contributed by atoms with van der Waals surface area (Å²) in [7, 11) is 0. The molecular formula is C16H14FN3. The number of aromatic nitrogens is 3. The van der Waals surface area contributed by atoms with Crippen LogP contribution in [0.1, 0.15) is 17.0 Å². The fourth-order valence-electron chi connectivity index (χ4n) is 2.35. The average Bonchev–Trinajstić information content (AvgIpc) is 2.81. The molecule has 0 saturated heterocycles. The Morgan fingerprint density at radius 3 is 2.70 bits per heavy atom. The molecule has 0 atom stereocenters. The van der Waals surface area contributed by atoms with Crippen LogP contribution in [0, 0.1) is 12.7 Å². The number of rotatable bonds is 3. The van der Waals surface area contributed by atoms with Crippen molar-refractivity contribution >= 4 is 0 Å². The minimum atomic E-state index is -0.222. The summed E-state index contributed by atoms with van der Waals surface area (Å²) in [4.78, 5) is 4.03. The molecule has 0 radical (unpaired) electrons. The van der Waals surface area contributed by atoms with Crippen LogP contribution < -0.4 is 0 Å². The van der Waals surface area contributed by atoms with Crippen molar-refractivity contribution in [1.29, 1.82) is 0 Å². The highest BCUT2D eigenvalue weighted by Gasteiger charge is 2.13. The van der Waals surface area contributed by atoms with Gasteiger partial charge in [-0.3, -0.25) is 10.1 Å². The van der Waals surface area contributed by atoms with Gasteiger partial charge in [0.2, 0.25) is 0 Å². The van der Waals surface area contributed by atoms with Crippen molar-refractivity contribution in [1.82, 2.24) is 15.2 Å². The number of nitrogens with zero attached hydrogens (tertiary/aromatic N) is 2. The van der Waals surface area contributed by atoms with E-state index in [0.29, 0.717) is 6.42 Å². The van der Waals surface area contributed by atoms with E-state index in [9.17, 15) is 4.39 Å². The highest BCUT2D eigenvalue weighted by atomic mass is 19.1. The third-order valence-corrected chi connectivity index (χ3v) is 3.25. The lowest BCUT2D eigenvalue weighted by atomic mass is 10.0. The van der Waals surface area contributed by atoms with E-state index in [1.165, 1.54) is 6.07 Å². The highest BCUT2D eigenvalue weighted by Crippen LogP contribution is 2.26. The van der Waals surface area contributed by atoms with E-state index in [4.69, 9.17) is 0 Å². The molecule has 0 fully saturated rings. The first-order chi connectivity index (χ1) is 9.74. The maximum absolute atomic E-state index is 13.3. The zero-order valence-electron chi connectivity index (χ0n) is 11.1. The molecule has 0 bridgehead atoms. The van der Waals surface area contributed by atoms with Gasteiger partial charge in [-0.2, -0.15) is 5.10 Å². The Labute approximate surface area is 116 Å². The van der Waals surface area contributed by atoms with Crippen LogP contribution in [-0.2, 0) is 6.42 Å². The van der Waals surface area contributed by atoms with Gasteiger partial charge < -0.3 is 0 Å². The predicted molar refractivity (Wildman–Crippen MR) is 75.8 cm³/mol. The molecule has 3 nitrogen and oxygen atoms in total. The number of H-pyrrole nitrogens is 1. The maximum atomic E-state index is 13.3. The van der Waals surface area contributed by atoms with Crippen molar-refractivity contribution in [2.45, 2.75) is 13.3 Å². The zero-order chi connectivity index (χ0) is 13.9. The molecule has 0 amide bonds. The summed E-state index contributed by atoms with van der Waals surface area (Å²) >= 11 is 0. The van der Waals surface area contributed by atoms with Crippen molar-refractivity contribution in [3.8, 4) is 11.1 Å². The SMILES string of the molecule is Cc1[nH]nc(Cc2cccc(F)c2)c1-c1ccncc1. The molecule has 3 aromatic rings. The Kier molecular flexibility index (Phi) is 3.29. The van der Waals surface area contributed by atoms with Crippen LogP contribution in [0.3, 0.4) is 0 Å². The number of aromatic amines is 1. The number of aryl methyl sites for hydroxylation is 1. The first-order valence-corrected chi connectivity index (χ1v) is 6.43. The second-order valence-corrected chi connectivity index (χ2v) is 4.71. The largest absolute Gasteiger partial charge is 0.282 e. The van der Waals surface area contributed by atoms with Crippen LogP contribution in [-0.4, -0.2) is 15.2 Å². The van der Waals surface area contributed by atoms with Gasteiger partial charge in [-0.1, -0.05) is 12.1 Å². The number of hydrogen-bond acceptors (Lipinski definition) is 2. The number of nitrogens with one attached hydrogen (secondary N) is 1. The quantitative estimate of drug-likeness (QED) is 0.789. The van der Waals surface area contributed by atoms with E-state index >= 15 is 0 Å². The third-order valence-electron chi connectivity index (χ3n) is 3.25. The minimum Gasteiger partial charge on any atom is -0.282 e. The van der Waals surface area contributed by atoms with Gasteiger partial charge in [0.05, 0.1) is 5.69 Å². The number of benzene rings is 1. The number of hydrogen-bond donors (Lipinski definition) is 1. The van der Waals surface area contributed by atoms with Crippen molar-refractivity contribution in [2.75, 3.05) is 0 Å². The summed E-state index contributed by atoms with van der Waals surface area (Å²) in [6.45, 7) is 1.98. The summed E-state index contributed by atoms with van der Waals surface area (Å²) in [5, 5.41) is 7.36. The Morgan fingerprint density at radius 2 is 1.95 bits per heavy atom. The summed E-state index contributed by atoms with van der Waals surface area (Å²) in [5.41, 5.74) is 4.96. The topological polar surface area (TPSA) is 41.6 Å². The molecule has 2 aromatic heterocycles. The standard InChI is InChI=1S/C16H14FN3/c1-11-16(13-5-7-18-8-6-13)15(20-19-11)10-12-3-2-4-14(17)9-12/h2-9H,10H2,1H3,(H,19,20). The fraction of sp³-hybridized carbons (Fsp3) is 0.125. The van der Waals surface area contributed by atoms with Crippen molar-refractivity contribution in [2.24, 2.45) is 0 Å². The lowest BCUT2D eigenvalue weighted by Crippen LogP contribution is -1.93. The molecule has 100 valence electrons. The van der Waals surface area contributed by atoms with Gasteiger partial charge in [0, 0.05) is 30.1 Å². The smallest absolute Gasteiger partial charge is 0.123 e. The van der Waals surface area contributed by atoms with Gasteiger partial charge in [0.15, 0.2) is 0 Å². The summed E-state index contributed by atoms with van der Waals surface area (Å²) in [5.74, 6) is -0.222. The minimum absolute atomic E-state index is 0.222. The molecule has 0 unspecified atom stereocenters. The first kappa shape index (κ1) is 12.5. The molecule has 20 heavy (non-hydrogen) atoms. The Morgan fingerprint density at radius 1 is 1.15 bits per heavy atom. The van der Waals surface area contributed by atoms with E-state index in [0.717, 1.165) is 28.1 Å². The van der Waals surface area contributed by atoms with Crippen LogP contribution in [0.2, 0.25) is 0 Å². The van der Waals surface area contributed by atoms with Crippen molar-refractivity contribution < 1.29 is 4.39 Å². The second-order valence-electron chi connectivity index (χ2n) is 4.71. The van der Waals surface area contributed by atoms with Crippen LogP contribution in [0.25, 0.3) is 11.1 Å². The lowest BCUT2D eigenvalue weighted by molar-refractivity contribution is 0.626. The van der Waals surface area contributed by atoms with Gasteiger partial charge in [0.25, 0.3) is 0 Å². The van der Waals surface area contributed by atoms with Gasteiger partial charge in [-0.05, 0) is 42.3 Å². The van der Waals surface area contributed by atoms with Crippen LogP contribution in [0.15, 0.2) is 48.8 Å². The molecule has 0 aliphatic rings. The molecule has 1 N–H and O–H groups in total. The number of pyridine rings is 1. The first-order valence-electron chi connectivity index (χ1n) is 6.43. The number of halogens is 1. The van der Waals surface area contributed by atoms with Crippen LogP contribution in [0.5, 0.6) is 0 Å². The Balaban J connectivity index is 1.99. The molecular weight excluding hydrogens is 253 g/mol. The molecule has 0 spiro atoms.